The zero-order valence-corrected chi connectivity index (χ0v) is 11.3. The molecule has 0 aliphatic heterocycles. The highest BCUT2D eigenvalue weighted by molar-refractivity contribution is 6.57. The molecule has 2 aromatic carbocycles. The molecule has 0 saturated carbocycles. The van der Waals surface area contributed by atoms with Crippen LogP contribution in [-0.2, 0) is 0 Å². The van der Waals surface area contributed by atoms with Crippen molar-refractivity contribution in [3.8, 4) is 22.3 Å². The average molecular weight is 275 g/mol. The van der Waals surface area contributed by atoms with Crippen LogP contribution in [0.2, 0.25) is 0 Å². The van der Waals surface area contributed by atoms with E-state index in [0.29, 0.717) is 0 Å². The summed E-state index contributed by atoms with van der Waals surface area (Å²) in [5, 5.41) is 18.1. The van der Waals surface area contributed by atoms with Gasteiger partial charge < -0.3 is 10.0 Å². The zero-order chi connectivity index (χ0) is 14.7. The molecule has 2 N–H and O–H groups in total. The maximum absolute atomic E-state index is 9.07. The molecule has 3 rings (SSSR count). The van der Waals surface area contributed by atoms with E-state index in [1.807, 2.05) is 36.4 Å². The summed E-state index contributed by atoms with van der Waals surface area (Å²) in [5.41, 5.74) is 4.53. The summed E-state index contributed by atoms with van der Waals surface area (Å²) in [7, 11) is -1.53. The Labute approximate surface area is 123 Å². The Morgan fingerprint density at radius 2 is 1.33 bits per heavy atom. The van der Waals surface area contributed by atoms with Crippen molar-refractivity contribution in [1.82, 2.24) is 4.98 Å². The lowest BCUT2D eigenvalue weighted by Crippen LogP contribution is -2.32. The smallest absolute Gasteiger partial charge is 0.422 e. The van der Waals surface area contributed by atoms with E-state index in [2.05, 4.69) is 29.2 Å². The van der Waals surface area contributed by atoms with Gasteiger partial charge in [-0.15, -0.1) is 0 Å². The van der Waals surface area contributed by atoms with Crippen molar-refractivity contribution in [1.29, 1.82) is 0 Å². The molecule has 0 unspecified atom stereocenters. The molecule has 3 nitrogen and oxygen atoms in total. The topological polar surface area (TPSA) is 53.4 Å². The first-order valence-corrected chi connectivity index (χ1v) is 6.72. The van der Waals surface area contributed by atoms with Crippen LogP contribution in [0.4, 0.5) is 0 Å². The Balaban J connectivity index is 1.96. The largest absolute Gasteiger partial charge is 0.508 e. The van der Waals surface area contributed by atoms with Crippen molar-refractivity contribution in [3.63, 3.8) is 0 Å². The normalized spacial score (nSPS) is 10.4. The molecule has 102 valence electrons. The summed E-state index contributed by atoms with van der Waals surface area (Å²) in [6.07, 6.45) is 1.65. The summed E-state index contributed by atoms with van der Waals surface area (Å²) >= 11 is 0. The fourth-order valence-corrected chi connectivity index (χ4v) is 2.24. The fourth-order valence-electron chi connectivity index (χ4n) is 2.24. The van der Waals surface area contributed by atoms with Crippen LogP contribution in [-0.4, -0.2) is 22.2 Å². The Morgan fingerprint density at radius 1 is 0.667 bits per heavy atom. The van der Waals surface area contributed by atoms with Gasteiger partial charge in [-0.2, -0.15) is 0 Å². The van der Waals surface area contributed by atoms with Crippen molar-refractivity contribution in [2.45, 2.75) is 0 Å². The molecule has 0 spiro atoms. The van der Waals surface area contributed by atoms with E-state index in [-0.39, 0.29) is 5.59 Å². The highest BCUT2D eigenvalue weighted by atomic mass is 16.4. The average Bonchev–Trinajstić information content (AvgIpc) is 2.56. The molecular weight excluding hydrogens is 261 g/mol. The van der Waals surface area contributed by atoms with Crippen LogP contribution in [0, 0.1) is 0 Å². The van der Waals surface area contributed by atoms with Crippen molar-refractivity contribution in [2.75, 3.05) is 0 Å². The summed E-state index contributed by atoms with van der Waals surface area (Å²) in [6, 6.07) is 21.8. The summed E-state index contributed by atoms with van der Waals surface area (Å²) in [6.45, 7) is 0. The van der Waals surface area contributed by atoms with Crippen molar-refractivity contribution < 1.29 is 10.0 Å². The molecule has 0 aliphatic rings. The van der Waals surface area contributed by atoms with Crippen LogP contribution < -0.4 is 5.59 Å². The first-order chi connectivity index (χ1) is 10.2. The van der Waals surface area contributed by atoms with Gasteiger partial charge in [0.1, 0.15) is 0 Å². The summed E-state index contributed by atoms with van der Waals surface area (Å²) < 4.78 is 0. The van der Waals surface area contributed by atoms with E-state index in [4.69, 9.17) is 10.0 Å². The Hall–Kier alpha value is -2.43. The Bertz CT molecular complexity index is 727. The van der Waals surface area contributed by atoms with Crippen molar-refractivity contribution in [3.05, 3.63) is 72.9 Å². The molecule has 3 aromatic rings. The minimum atomic E-state index is -1.53. The number of aromatic nitrogens is 1. The third-order valence-electron chi connectivity index (χ3n) is 3.35. The molecule has 21 heavy (non-hydrogen) atoms. The highest BCUT2D eigenvalue weighted by Crippen LogP contribution is 2.25. The van der Waals surface area contributed by atoms with Gasteiger partial charge in [0, 0.05) is 6.20 Å². The van der Waals surface area contributed by atoms with E-state index in [1.165, 1.54) is 0 Å². The van der Waals surface area contributed by atoms with E-state index in [1.54, 1.807) is 12.3 Å². The van der Waals surface area contributed by atoms with Gasteiger partial charge in [0.2, 0.25) is 0 Å². The number of rotatable bonds is 3. The van der Waals surface area contributed by atoms with Gasteiger partial charge in [-0.25, -0.2) is 0 Å². The molecule has 1 aromatic heterocycles. The SMILES string of the molecule is OB(O)c1ccc(-c2cccc(-c3ccccc3)c2)cn1. The van der Waals surface area contributed by atoms with Crippen LogP contribution in [0.3, 0.4) is 0 Å². The molecule has 0 fully saturated rings. The second kappa shape index (κ2) is 5.91. The standard InChI is InChI=1S/C17H14BNO2/c20-18(21)17-10-9-16(12-19-17)15-8-4-7-14(11-15)13-5-2-1-3-6-13/h1-12,20-21H. The van der Waals surface area contributed by atoms with Crippen LogP contribution in [0.5, 0.6) is 0 Å². The Morgan fingerprint density at radius 3 is 1.95 bits per heavy atom. The minimum Gasteiger partial charge on any atom is -0.422 e. The first-order valence-electron chi connectivity index (χ1n) is 6.72. The molecule has 0 aliphatic carbocycles. The maximum atomic E-state index is 9.07. The predicted octanol–water partition coefficient (Wildman–Crippen LogP) is 2.10. The monoisotopic (exact) mass is 275 g/mol. The van der Waals surface area contributed by atoms with Crippen molar-refractivity contribution in [2.24, 2.45) is 0 Å². The molecular formula is C17H14BNO2. The van der Waals surface area contributed by atoms with Gasteiger partial charge in [0.05, 0.1) is 5.59 Å². The third-order valence-corrected chi connectivity index (χ3v) is 3.35. The van der Waals surface area contributed by atoms with Gasteiger partial charge in [0.15, 0.2) is 0 Å². The molecule has 0 bridgehead atoms. The summed E-state index contributed by atoms with van der Waals surface area (Å²) in [5.74, 6) is 0. The lowest BCUT2D eigenvalue weighted by Gasteiger charge is -2.06. The minimum absolute atomic E-state index is 0.248. The molecule has 0 radical (unpaired) electrons. The second-order valence-corrected chi connectivity index (χ2v) is 4.79. The second-order valence-electron chi connectivity index (χ2n) is 4.79. The summed E-state index contributed by atoms with van der Waals surface area (Å²) in [4.78, 5) is 4.06. The third kappa shape index (κ3) is 3.02. The van der Waals surface area contributed by atoms with E-state index in [9.17, 15) is 0 Å². The van der Waals surface area contributed by atoms with Crippen molar-refractivity contribution >= 4 is 12.7 Å². The van der Waals surface area contributed by atoms with Crippen LogP contribution in [0.15, 0.2) is 72.9 Å². The number of hydrogen-bond donors (Lipinski definition) is 2. The van der Waals surface area contributed by atoms with Gasteiger partial charge in [-0.05, 0) is 34.4 Å². The number of hydrogen-bond acceptors (Lipinski definition) is 3. The Kier molecular flexibility index (Phi) is 3.82. The van der Waals surface area contributed by atoms with Gasteiger partial charge in [-0.1, -0.05) is 54.6 Å². The first kappa shape index (κ1) is 13.6. The lowest BCUT2D eigenvalue weighted by atomic mass is 9.85. The predicted molar refractivity (Wildman–Crippen MR) is 84.9 cm³/mol. The van der Waals surface area contributed by atoms with Gasteiger partial charge in [-0.3, -0.25) is 4.98 Å². The maximum Gasteiger partial charge on any atom is 0.508 e. The van der Waals surface area contributed by atoms with E-state index in [0.717, 1.165) is 22.3 Å². The number of benzene rings is 2. The lowest BCUT2D eigenvalue weighted by molar-refractivity contribution is 0.424. The highest BCUT2D eigenvalue weighted by Gasteiger charge is 2.12. The zero-order valence-electron chi connectivity index (χ0n) is 11.3. The number of nitrogens with zero attached hydrogens (tertiary/aromatic N) is 1. The van der Waals surface area contributed by atoms with E-state index >= 15 is 0 Å². The van der Waals surface area contributed by atoms with E-state index < -0.39 is 7.12 Å². The molecule has 4 heteroatoms. The van der Waals surface area contributed by atoms with Gasteiger partial charge >= 0.3 is 7.12 Å². The molecule has 0 amide bonds. The molecule has 0 saturated heterocycles. The quantitative estimate of drug-likeness (QED) is 0.720. The number of pyridine rings is 1. The van der Waals surface area contributed by atoms with Crippen LogP contribution >= 0.6 is 0 Å². The van der Waals surface area contributed by atoms with Crippen LogP contribution in [0.1, 0.15) is 0 Å². The van der Waals surface area contributed by atoms with Gasteiger partial charge in [0.25, 0.3) is 0 Å². The van der Waals surface area contributed by atoms with Crippen LogP contribution in [0.25, 0.3) is 22.3 Å². The fraction of sp³-hybridized carbons (Fsp3) is 0. The molecule has 0 atom stereocenters. The molecule has 1 heterocycles.